The molecule has 0 saturated carbocycles. The van der Waals surface area contributed by atoms with E-state index in [1.165, 1.54) is 14.2 Å². The van der Waals surface area contributed by atoms with Gasteiger partial charge in [0.2, 0.25) is 0 Å². The van der Waals surface area contributed by atoms with Gasteiger partial charge in [-0.3, -0.25) is 4.79 Å². The standard InChI is InChI=1S/C11H13BrO4/c1-15-10-4-3-7(12)5-8(10)9(13)6-11(14)16-2/h3-5,9,13H,6H2,1-2H3/t9-/m0/s1. The number of ether oxygens (including phenoxy) is 2. The lowest BCUT2D eigenvalue weighted by Gasteiger charge is -2.14. The molecule has 0 unspecified atom stereocenters. The first-order valence-electron chi connectivity index (χ1n) is 4.66. The zero-order chi connectivity index (χ0) is 12.1. The van der Waals surface area contributed by atoms with E-state index in [1.807, 2.05) is 0 Å². The summed E-state index contributed by atoms with van der Waals surface area (Å²) in [6.45, 7) is 0. The topological polar surface area (TPSA) is 55.8 Å². The van der Waals surface area contributed by atoms with Crippen molar-refractivity contribution in [1.29, 1.82) is 0 Å². The molecular formula is C11H13BrO4. The number of aliphatic hydroxyl groups is 1. The minimum Gasteiger partial charge on any atom is -0.496 e. The fraction of sp³-hybridized carbons (Fsp3) is 0.364. The molecule has 1 aromatic rings. The van der Waals surface area contributed by atoms with Crippen LogP contribution in [-0.2, 0) is 9.53 Å². The molecule has 0 amide bonds. The normalized spacial score (nSPS) is 12.0. The lowest BCUT2D eigenvalue weighted by atomic mass is 10.1. The van der Waals surface area contributed by atoms with Gasteiger partial charge in [-0.25, -0.2) is 0 Å². The molecule has 1 atom stereocenters. The van der Waals surface area contributed by atoms with Crippen LogP contribution in [0.4, 0.5) is 0 Å². The summed E-state index contributed by atoms with van der Waals surface area (Å²) < 4.78 is 10.4. The monoisotopic (exact) mass is 288 g/mol. The molecule has 0 spiro atoms. The van der Waals surface area contributed by atoms with Crippen LogP contribution in [0.15, 0.2) is 22.7 Å². The predicted molar refractivity (Wildman–Crippen MR) is 62.3 cm³/mol. The molecule has 88 valence electrons. The Labute approximate surface area is 102 Å². The Bertz CT molecular complexity index is 378. The predicted octanol–water partition coefficient (Wildman–Crippen LogP) is 2.05. The molecule has 0 aliphatic carbocycles. The first-order valence-corrected chi connectivity index (χ1v) is 5.46. The highest BCUT2D eigenvalue weighted by Crippen LogP contribution is 2.30. The molecule has 1 aromatic carbocycles. The van der Waals surface area contributed by atoms with E-state index in [-0.39, 0.29) is 6.42 Å². The van der Waals surface area contributed by atoms with Crippen LogP contribution in [0.2, 0.25) is 0 Å². The quantitative estimate of drug-likeness (QED) is 0.862. The number of esters is 1. The van der Waals surface area contributed by atoms with Gasteiger partial charge in [0, 0.05) is 10.0 Å². The smallest absolute Gasteiger partial charge is 0.308 e. The largest absolute Gasteiger partial charge is 0.496 e. The second-order valence-electron chi connectivity index (χ2n) is 3.18. The van der Waals surface area contributed by atoms with Gasteiger partial charge in [0.05, 0.1) is 26.7 Å². The highest BCUT2D eigenvalue weighted by molar-refractivity contribution is 9.10. The van der Waals surface area contributed by atoms with Crippen molar-refractivity contribution < 1.29 is 19.4 Å². The summed E-state index contributed by atoms with van der Waals surface area (Å²) in [5.74, 6) is 0.0779. The lowest BCUT2D eigenvalue weighted by molar-refractivity contribution is -0.142. The van der Waals surface area contributed by atoms with Crippen molar-refractivity contribution in [3.05, 3.63) is 28.2 Å². The van der Waals surface area contributed by atoms with Crippen LogP contribution < -0.4 is 4.74 Å². The van der Waals surface area contributed by atoms with Gasteiger partial charge in [-0.05, 0) is 18.2 Å². The number of aliphatic hydroxyl groups excluding tert-OH is 1. The molecule has 0 radical (unpaired) electrons. The molecule has 0 fully saturated rings. The Morgan fingerprint density at radius 2 is 2.19 bits per heavy atom. The third-order valence-electron chi connectivity index (χ3n) is 2.14. The molecule has 0 bridgehead atoms. The molecule has 4 nitrogen and oxygen atoms in total. The number of rotatable bonds is 4. The van der Waals surface area contributed by atoms with Gasteiger partial charge in [-0.15, -0.1) is 0 Å². The van der Waals surface area contributed by atoms with Gasteiger partial charge >= 0.3 is 5.97 Å². The first-order chi connectivity index (χ1) is 7.58. The van der Waals surface area contributed by atoms with Crippen LogP contribution >= 0.6 is 15.9 Å². The number of hydrogen-bond donors (Lipinski definition) is 1. The Morgan fingerprint density at radius 3 is 2.75 bits per heavy atom. The zero-order valence-electron chi connectivity index (χ0n) is 9.07. The van der Waals surface area contributed by atoms with Crippen LogP contribution in [0, 0.1) is 0 Å². The molecule has 0 aliphatic rings. The average Bonchev–Trinajstić information content (AvgIpc) is 2.28. The van der Waals surface area contributed by atoms with Crippen molar-refractivity contribution in [1.82, 2.24) is 0 Å². The average molecular weight is 289 g/mol. The second kappa shape index (κ2) is 5.86. The van der Waals surface area contributed by atoms with Crippen molar-refractivity contribution in [3.63, 3.8) is 0 Å². The van der Waals surface area contributed by atoms with Crippen LogP contribution in [0.1, 0.15) is 18.1 Å². The highest BCUT2D eigenvalue weighted by atomic mass is 79.9. The molecule has 5 heteroatoms. The summed E-state index contributed by atoms with van der Waals surface area (Å²) in [6.07, 6.45) is -1.02. The minimum atomic E-state index is -0.931. The maximum Gasteiger partial charge on any atom is 0.308 e. The van der Waals surface area contributed by atoms with E-state index in [2.05, 4.69) is 20.7 Å². The Kier molecular flexibility index (Phi) is 4.76. The van der Waals surface area contributed by atoms with E-state index in [4.69, 9.17) is 4.74 Å². The van der Waals surface area contributed by atoms with E-state index < -0.39 is 12.1 Å². The Hall–Kier alpha value is -1.07. The molecule has 1 N–H and O–H groups in total. The van der Waals surface area contributed by atoms with Crippen LogP contribution in [0.25, 0.3) is 0 Å². The number of carbonyl (C=O) groups excluding carboxylic acids is 1. The molecule has 0 heterocycles. The van der Waals surface area contributed by atoms with Gasteiger partial charge in [-0.2, -0.15) is 0 Å². The van der Waals surface area contributed by atoms with Gasteiger partial charge in [-0.1, -0.05) is 15.9 Å². The Balaban J connectivity index is 2.92. The minimum absolute atomic E-state index is 0.0939. The van der Waals surface area contributed by atoms with E-state index in [9.17, 15) is 9.90 Å². The Morgan fingerprint density at radius 1 is 1.50 bits per heavy atom. The van der Waals surface area contributed by atoms with Gasteiger partial charge < -0.3 is 14.6 Å². The summed E-state index contributed by atoms with van der Waals surface area (Å²) in [5.41, 5.74) is 0.558. The van der Waals surface area contributed by atoms with Crippen molar-refractivity contribution in [2.75, 3.05) is 14.2 Å². The number of methoxy groups -OCH3 is 2. The molecule has 0 aliphatic heterocycles. The summed E-state index contributed by atoms with van der Waals surface area (Å²) in [6, 6.07) is 5.24. The van der Waals surface area contributed by atoms with E-state index in [0.29, 0.717) is 11.3 Å². The summed E-state index contributed by atoms with van der Waals surface area (Å²) in [7, 11) is 2.80. The zero-order valence-corrected chi connectivity index (χ0v) is 10.7. The molecule has 1 rings (SSSR count). The SMILES string of the molecule is COC(=O)C[C@H](O)c1cc(Br)ccc1OC. The molecule has 0 aromatic heterocycles. The van der Waals surface area contributed by atoms with E-state index >= 15 is 0 Å². The number of hydrogen-bond acceptors (Lipinski definition) is 4. The van der Waals surface area contributed by atoms with Crippen molar-refractivity contribution in [3.8, 4) is 5.75 Å². The summed E-state index contributed by atoms with van der Waals surface area (Å²) in [4.78, 5) is 11.0. The van der Waals surface area contributed by atoms with Crippen molar-refractivity contribution in [2.24, 2.45) is 0 Å². The third-order valence-corrected chi connectivity index (χ3v) is 2.63. The first kappa shape index (κ1) is 13.0. The van der Waals surface area contributed by atoms with Gasteiger partial charge in [0.25, 0.3) is 0 Å². The fourth-order valence-electron chi connectivity index (χ4n) is 1.32. The number of carbonyl (C=O) groups is 1. The molecule has 0 saturated heterocycles. The number of benzene rings is 1. The maximum atomic E-state index is 11.0. The third kappa shape index (κ3) is 3.21. The number of halogens is 1. The highest BCUT2D eigenvalue weighted by Gasteiger charge is 2.17. The van der Waals surface area contributed by atoms with Gasteiger partial charge in [0.1, 0.15) is 5.75 Å². The fourth-order valence-corrected chi connectivity index (χ4v) is 1.70. The lowest BCUT2D eigenvalue weighted by Crippen LogP contribution is -2.09. The maximum absolute atomic E-state index is 11.0. The van der Waals surface area contributed by atoms with E-state index in [1.54, 1.807) is 18.2 Å². The van der Waals surface area contributed by atoms with Crippen LogP contribution in [-0.4, -0.2) is 25.3 Å². The molecule has 16 heavy (non-hydrogen) atoms. The molecular weight excluding hydrogens is 276 g/mol. The second-order valence-corrected chi connectivity index (χ2v) is 4.10. The van der Waals surface area contributed by atoms with Crippen LogP contribution in [0.3, 0.4) is 0 Å². The van der Waals surface area contributed by atoms with Crippen molar-refractivity contribution in [2.45, 2.75) is 12.5 Å². The summed E-state index contributed by atoms with van der Waals surface area (Å²) >= 11 is 3.29. The van der Waals surface area contributed by atoms with Gasteiger partial charge in [0.15, 0.2) is 0 Å². The van der Waals surface area contributed by atoms with Crippen molar-refractivity contribution >= 4 is 21.9 Å². The summed E-state index contributed by atoms with van der Waals surface area (Å²) in [5, 5.41) is 9.86. The van der Waals surface area contributed by atoms with E-state index in [0.717, 1.165) is 4.47 Å². The van der Waals surface area contributed by atoms with Crippen LogP contribution in [0.5, 0.6) is 5.75 Å².